The summed E-state index contributed by atoms with van der Waals surface area (Å²) < 4.78 is 0. The molecule has 16 heavy (non-hydrogen) atoms. The summed E-state index contributed by atoms with van der Waals surface area (Å²) in [6, 6.07) is 5.46. The normalized spacial score (nSPS) is 15.2. The number of hydrogen-bond acceptors (Lipinski definition) is 4. The number of nitrogens with zero attached hydrogens (tertiary/aromatic N) is 1. The standard InChI is InChI=1S/C11H14N2O2S/c14-10(3-4-16)11(15)7-1-2-8-6-12-13-9(8)5-7/h1-2,5-6,10-11,14-16H,3-4H2,(H,12,13). The van der Waals surface area contributed by atoms with Gasteiger partial charge in [0.05, 0.1) is 17.8 Å². The molecular weight excluding hydrogens is 224 g/mol. The number of hydrogen-bond donors (Lipinski definition) is 4. The van der Waals surface area contributed by atoms with E-state index in [0.29, 0.717) is 17.7 Å². The van der Waals surface area contributed by atoms with Crippen molar-refractivity contribution in [1.82, 2.24) is 10.2 Å². The average molecular weight is 238 g/mol. The monoisotopic (exact) mass is 238 g/mol. The van der Waals surface area contributed by atoms with E-state index in [1.54, 1.807) is 18.3 Å². The third-order valence-corrected chi connectivity index (χ3v) is 2.86. The Kier molecular flexibility index (Phi) is 3.48. The van der Waals surface area contributed by atoms with Crippen molar-refractivity contribution >= 4 is 23.5 Å². The first-order valence-corrected chi connectivity index (χ1v) is 5.75. The molecule has 1 aromatic carbocycles. The maximum Gasteiger partial charge on any atom is 0.105 e. The van der Waals surface area contributed by atoms with E-state index in [2.05, 4.69) is 22.8 Å². The number of H-pyrrole nitrogens is 1. The van der Waals surface area contributed by atoms with Crippen LogP contribution in [0, 0.1) is 0 Å². The highest BCUT2D eigenvalue weighted by Gasteiger charge is 2.17. The van der Waals surface area contributed by atoms with E-state index >= 15 is 0 Å². The Labute approximate surface area is 98.7 Å². The third-order valence-electron chi connectivity index (χ3n) is 2.60. The van der Waals surface area contributed by atoms with Crippen LogP contribution in [-0.2, 0) is 0 Å². The number of fused-ring (bicyclic) bond motifs is 1. The van der Waals surface area contributed by atoms with E-state index in [-0.39, 0.29) is 0 Å². The van der Waals surface area contributed by atoms with Gasteiger partial charge in [-0.25, -0.2) is 0 Å². The van der Waals surface area contributed by atoms with Crippen LogP contribution in [0.2, 0.25) is 0 Å². The number of thiol groups is 1. The molecule has 2 unspecified atom stereocenters. The second kappa shape index (κ2) is 4.86. The lowest BCUT2D eigenvalue weighted by Gasteiger charge is -2.17. The molecule has 1 aromatic heterocycles. The van der Waals surface area contributed by atoms with Crippen LogP contribution in [0.3, 0.4) is 0 Å². The molecule has 4 nitrogen and oxygen atoms in total. The summed E-state index contributed by atoms with van der Waals surface area (Å²) >= 11 is 4.03. The first kappa shape index (κ1) is 11.4. The van der Waals surface area contributed by atoms with Crippen LogP contribution >= 0.6 is 12.6 Å². The zero-order valence-electron chi connectivity index (χ0n) is 8.67. The molecule has 0 aliphatic carbocycles. The number of aliphatic hydroxyl groups excluding tert-OH is 2. The lowest BCUT2D eigenvalue weighted by molar-refractivity contribution is 0.0173. The number of benzene rings is 1. The number of aromatic amines is 1. The van der Waals surface area contributed by atoms with Crippen molar-refractivity contribution in [1.29, 1.82) is 0 Å². The molecule has 0 spiro atoms. The number of rotatable bonds is 4. The fraction of sp³-hybridized carbons (Fsp3) is 0.364. The van der Waals surface area contributed by atoms with Crippen molar-refractivity contribution in [2.24, 2.45) is 0 Å². The quantitative estimate of drug-likeness (QED) is 0.606. The number of aliphatic hydroxyl groups is 2. The van der Waals surface area contributed by atoms with Gasteiger partial charge in [0.2, 0.25) is 0 Å². The SMILES string of the molecule is OC(CCS)C(O)c1ccc2cn[nH]c2c1. The van der Waals surface area contributed by atoms with Crippen LogP contribution in [0.15, 0.2) is 24.4 Å². The van der Waals surface area contributed by atoms with Crippen molar-refractivity contribution in [3.05, 3.63) is 30.0 Å². The van der Waals surface area contributed by atoms with Crippen LogP contribution in [0.25, 0.3) is 10.9 Å². The number of aromatic nitrogens is 2. The zero-order chi connectivity index (χ0) is 11.5. The Balaban J connectivity index is 2.24. The largest absolute Gasteiger partial charge is 0.390 e. The molecule has 0 aliphatic heterocycles. The second-order valence-electron chi connectivity index (χ2n) is 3.74. The maximum atomic E-state index is 9.90. The molecule has 5 heteroatoms. The third kappa shape index (κ3) is 2.21. The summed E-state index contributed by atoms with van der Waals surface area (Å²) in [7, 11) is 0. The van der Waals surface area contributed by atoms with Crippen LogP contribution in [0.4, 0.5) is 0 Å². The predicted octanol–water partition coefficient (Wildman–Crippen LogP) is 1.28. The molecular formula is C11H14N2O2S. The van der Waals surface area contributed by atoms with Gasteiger partial charge in [0.15, 0.2) is 0 Å². The molecule has 0 radical (unpaired) electrons. The van der Waals surface area contributed by atoms with Crippen LogP contribution < -0.4 is 0 Å². The van der Waals surface area contributed by atoms with Gasteiger partial charge >= 0.3 is 0 Å². The lowest BCUT2D eigenvalue weighted by Crippen LogP contribution is -2.18. The van der Waals surface area contributed by atoms with E-state index in [4.69, 9.17) is 0 Å². The van der Waals surface area contributed by atoms with E-state index < -0.39 is 12.2 Å². The molecule has 86 valence electrons. The molecule has 2 rings (SSSR count). The Bertz CT molecular complexity index is 472. The topological polar surface area (TPSA) is 69.1 Å². The molecule has 0 fully saturated rings. The van der Waals surface area contributed by atoms with Crippen LogP contribution in [-0.4, -0.2) is 32.3 Å². The van der Waals surface area contributed by atoms with E-state index in [1.165, 1.54) is 0 Å². The second-order valence-corrected chi connectivity index (χ2v) is 4.19. The predicted molar refractivity (Wildman–Crippen MR) is 65.5 cm³/mol. The van der Waals surface area contributed by atoms with Crippen molar-refractivity contribution < 1.29 is 10.2 Å². The van der Waals surface area contributed by atoms with Gasteiger partial charge in [-0.05, 0) is 23.8 Å². The highest BCUT2D eigenvalue weighted by molar-refractivity contribution is 7.80. The summed E-state index contributed by atoms with van der Waals surface area (Å²) in [5.41, 5.74) is 1.54. The molecule has 2 aromatic rings. The van der Waals surface area contributed by atoms with Crippen LogP contribution in [0.5, 0.6) is 0 Å². The van der Waals surface area contributed by atoms with E-state index in [9.17, 15) is 10.2 Å². The van der Waals surface area contributed by atoms with Gasteiger partial charge in [-0.3, -0.25) is 5.10 Å². The molecule has 3 N–H and O–H groups in total. The summed E-state index contributed by atoms with van der Waals surface area (Å²) in [4.78, 5) is 0. The van der Waals surface area contributed by atoms with Gasteiger partial charge in [0.1, 0.15) is 6.10 Å². The summed E-state index contributed by atoms with van der Waals surface area (Å²) in [6.45, 7) is 0. The van der Waals surface area contributed by atoms with Gasteiger partial charge in [-0.2, -0.15) is 17.7 Å². The molecule has 0 amide bonds. The molecule has 0 saturated carbocycles. The smallest absolute Gasteiger partial charge is 0.105 e. The fourth-order valence-corrected chi connectivity index (χ4v) is 1.92. The molecule has 0 bridgehead atoms. The Hall–Kier alpha value is -1.04. The maximum absolute atomic E-state index is 9.90. The highest BCUT2D eigenvalue weighted by atomic mass is 32.1. The highest BCUT2D eigenvalue weighted by Crippen LogP contribution is 2.22. The van der Waals surface area contributed by atoms with Gasteiger partial charge in [0, 0.05) is 5.39 Å². The minimum Gasteiger partial charge on any atom is -0.390 e. The molecule has 1 heterocycles. The fourth-order valence-electron chi connectivity index (χ4n) is 1.65. The van der Waals surface area contributed by atoms with E-state index in [1.807, 2.05) is 6.07 Å². The van der Waals surface area contributed by atoms with Gasteiger partial charge in [0.25, 0.3) is 0 Å². The first-order valence-electron chi connectivity index (χ1n) is 5.12. The van der Waals surface area contributed by atoms with Gasteiger partial charge in [-0.15, -0.1) is 0 Å². The molecule has 2 atom stereocenters. The minimum absolute atomic E-state index is 0.464. The van der Waals surface area contributed by atoms with Crippen LogP contribution in [0.1, 0.15) is 18.1 Å². The summed E-state index contributed by atoms with van der Waals surface area (Å²) in [5.74, 6) is 0.546. The average Bonchev–Trinajstić information content (AvgIpc) is 2.75. The molecule has 0 aliphatic rings. The summed E-state index contributed by atoms with van der Waals surface area (Å²) in [6.07, 6.45) is 0.527. The Morgan fingerprint density at radius 1 is 1.38 bits per heavy atom. The van der Waals surface area contributed by atoms with Gasteiger partial charge < -0.3 is 10.2 Å². The van der Waals surface area contributed by atoms with E-state index in [0.717, 1.165) is 10.9 Å². The van der Waals surface area contributed by atoms with Crippen molar-refractivity contribution in [2.75, 3.05) is 5.75 Å². The Morgan fingerprint density at radius 2 is 2.19 bits per heavy atom. The Morgan fingerprint density at radius 3 is 2.94 bits per heavy atom. The lowest BCUT2D eigenvalue weighted by atomic mass is 10.0. The van der Waals surface area contributed by atoms with Crippen molar-refractivity contribution in [3.63, 3.8) is 0 Å². The number of nitrogens with one attached hydrogen (secondary N) is 1. The van der Waals surface area contributed by atoms with Crippen molar-refractivity contribution in [3.8, 4) is 0 Å². The van der Waals surface area contributed by atoms with Crippen molar-refractivity contribution in [2.45, 2.75) is 18.6 Å². The minimum atomic E-state index is -0.875. The molecule has 0 saturated heterocycles. The summed E-state index contributed by atoms with van der Waals surface area (Å²) in [5, 5.41) is 27.3. The first-order chi connectivity index (χ1) is 7.72. The zero-order valence-corrected chi connectivity index (χ0v) is 9.56. The van der Waals surface area contributed by atoms with Gasteiger partial charge in [-0.1, -0.05) is 12.1 Å².